The van der Waals surface area contributed by atoms with E-state index in [-0.39, 0.29) is 4.87 Å². The van der Waals surface area contributed by atoms with Gasteiger partial charge in [0.2, 0.25) is 0 Å². The molecule has 88 valence electrons. The standard InChI is InChI=1S/C12H11NO3S/c1-8-10(11(14)16-2)17-12(15)13(8)9-6-4-3-5-7-9/h3-7H,1-2H3. The molecular weight excluding hydrogens is 238 g/mol. The molecule has 0 spiro atoms. The smallest absolute Gasteiger partial charge is 0.350 e. The van der Waals surface area contributed by atoms with Crippen LogP contribution < -0.4 is 4.87 Å². The topological polar surface area (TPSA) is 48.3 Å². The van der Waals surface area contributed by atoms with Crippen LogP contribution in [0.4, 0.5) is 0 Å². The Labute approximate surface area is 102 Å². The van der Waals surface area contributed by atoms with Crippen molar-refractivity contribution in [3.05, 3.63) is 50.6 Å². The van der Waals surface area contributed by atoms with Gasteiger partial charge in [0.15, 0.2) is 0 Å². The van der Waals surface area contributed by atoms with E-state index in [1.165, 1.54) is 11.7 Å². The summed E-state index contributed by atoms with van der Waals surface area (Å²) < 4.78 is 6.15. The summed E-state index contributed by atoms with van der Waals surface area (Å²) in [6.07, 6.45) is 0. The Morgan fingerprint density at radius 1 is 1.29 bits per heavy atom. The molecule has 0 amide bonds. The van der Waals surface area contributed by atoms with E-state index in [1.807, 2.05) is 30.3 Å². The van der Waals surface area contributed by atoms with Crippen molar-refractivity contribution in [3.63, 3.8) is 0 Å². The number of ether oxygens (including phenoxy) is 1. The van der Waals surface area contributed by atoms with Gasteiger partial charge in [0, 0.05) is 11.4 Å². The van der Waals surface area contributed by atoms with Crippen molar-refractivity contribution in [2.75, 3.05) is 7.11 Å². The number of esters is 1. The predicted octanol–water partition coefficient (Wildman–Crippen LogP) is 1.99. The van der Waals surface area contributed by atoms with Crippen LogP contribution in [-0.2, 0) is 4.74 Å². The van der Waals surface area contributed by atoms with E-state index in [1.54, 1.807) is 6.92 Å². The zero-order valence-electron chi connectivity index (χ0n) is 9.47. The fraction of sp³-hybridized carbons (Fsp3) is 0.167. The lowest BCUT2D eigenvalue weighted by atomic mass is 10.3. The summed E-state index contributed by atoms with van der Waals surface area (Å²) in [7, 11) is 1.30. The highest BCUT2D eigenvalue weighted by Crippen LogP contribution is 2.17. The maximum Gasteiger partial charge on any atom is 0.350 e. The molecule has 0 aliphatic rings. The van der Waals surface area contributed by atoms with E-state index >= 15 is 0 Å². The summed E-state index contributed by atoms with van der Waals surface area (Å²) in [6, 6.07) is 9.20. The Morgan fingerprint density at radius 3 is 2.53 bits per heavy atom. The summed E-state index contributed by atoms with van der Waals surface area (Å²) in [5.74, 6) is -0.473. The van der Waals surface area contributed by atoms with Gasteiger partial charge in [0.1, 0.15) is 4.88 Å². The molecule has 0 saturated carbocycles. The first-order valence-electron chi connectivity index (χ1n) is 5.01. The average molecular weight is 249 g/mol. The molecule has 0 radical (unpaired) electrons. The minimum atomic E-state index is -0.473. The predicted molar refractivity (Wildman–Crippen MR) is 66.0 cm³/mol. The van der Waals surface area contributed by atoms with Gasteiger partial charge in [-0.2, -0.15) is 0 Å². The summed E-state index contributed by atoms with van der Waals surface area (Å²) in [5, 5.41) is 0. The van der Waals surface area contributed by atoms with Gasteiger partial charge in [0.05, 0.1) is 7.11 Å². The lowest BCUT2D eigenvalue weighted by Gasteiger charge is -2.04. The first-order chi connectivity index (χ1) is 8.15. The quantitative estimate of drug-likeness (QED) is 0.765. The maximum atomic E-state index is 11.9. The fourth-order valence-corrected chi connectivity index (χ4v) is 2.52. The van der Waals surface area contributed by atoms with Crippen LogP contribution in [0.3, 0.4) is 0 Å². The first kappa shape index (κ1) is 11.6. The lowest BCUT2D eigenvalue weighted by Crippen LogP contribution is -2.12. The van der Waals surface area contributed by atoms with Gasteiger partial charge in [-0.3, -0.25) is 9.36 Å². The van der Waals surface area contributed by atoms with Crippen molar-refractivity contribution in [2.45, 2.75) is 6.92 Å². The largest absolute Gasteiger partial charge is 0.465 e. The van der Waals surface area contributed by atoms with Gasteiger partial charge in [-0.25, -0.2) is 4.79 Å². The summed E-state index contributed by atoms with van der Waals surface area (Å²) in [5.41, 5.74) is 1.36. The zero-order chi connectivity index (χ0) is 12.4. The molecule has 1 aromatic heterocycles. The number of carbonyl (C=O) groups excluding carboxylic acids is 1. The van der Waals surface area contributed by atoms with Gasteiger partial charge in [0.25, 0.3) is 0 Å². The average Bonchev–Trinajstić information content (AvgIpc) is 2.65. The highest BCUT2D eigenvalue weighted by atomic mass is 32.1. The third-order valence-corrected chi connectivity index (χ3v) is 3.44. The van der Waals surface area contributed by atoms with E-state index in [2.05, 4.69) is 4.74 Å². The number of carbonyl (C=O) groups is 1. The number of methoxy groups -OCH3 is 1. The third-order valence-electron chi connectivity index (χ3n) is 2.42. The van der Waals surface area contributed by atoms with Crippen LogP contribution in [0.1, 0.15) is 15.4 Å². The van der Waals surface area contributed by atoms with Crippen LogP contribution in [0.2, 0.25) is 0 Å². The zero-order valence-corrected chi connectivity index (χ0v) is 10.3. The van der Waals surface area contributed by atoms with Crippen LogP contribution in [0.15, 0.2) is 35.1 Å². The first-order valence-corrected chi connectivity index (χ1v) is 5.83. The molecule has 4 nitrogen and oxygen atoms in total. The van der Waals surface area contributed by atoms with Crippen LogP contribution in [0, 0.1) is 6.92 Å². The Bertz CT molecular complexity index is 598. The molecule has 5 heteroatoms. The van der Waals surface area contributed by atoms with E-state index in [9.17, 15) is 9.59 Å². The number of rotatable bonds is 2. The van der Waals surface area contributed by atoms with E-state index in [0.29, 0.717) is 10.6 Å². The molecule has 0 N–H and O–H groups in total. The molecule has 0 unspecified atom stereocenters. The minimum Gasteiger partial charge on any atom is -0.465 e. The molecule has 1 heterocycles. The number of aromatic nitrogens is 1. The van der Waals surface area contributed by atoms with E-state index < -0.39 is 5.97 Å². The number of para-hydroxylation sites is 1. The van der Waals surface area contributed by atoms with Gasteiger partial charge in [-0.15, -0.1) is 0 Å². The Kier molecular flexibility index (Phi) is 3.10. The molecule has 2 rings (SSSR count). The molecule has 0 saturated heterocycles. The third kappa shape index (κ3) is 2.01. The number of benzene rings is 1. The number of hydrogen-bond donors (Lipinski definition) is 0. The highest BCUT2D eigenvalue weighted by molar-refractivity contribution is 7.11. The second-order valence-corrected chi connectivity index (χ2v) is 4.41. The van der Waals surface area contributed by atoms with E-state index in [0.717, 1.165) is 17.0 Å². The monoisotopic (exact) mass is 249 g/mol. The van der Waals surface area contributed by atoms with Crippen LogP contribution in [0.25, 0.3) is 5.69 Å². The molecule has 0 bridgehead atoms. The molecule has 17 heavy (non-hydrogen) atoms. The van der Waals surface area contributed by atoms with Gasteiger partial charge in [-0.1, -0.05) is 29.5 Å². The van der Waals surface area contributed by atoms with Gasteiger partial charge in [-0.05, 0) is 19.1 Å². The Balaban J connectivity index is 2.61. The lowest BCUT2D eigenvalue weighted by molar-refractivity contribution is 0.0605. The van der Waals surface area contributed by atoms with Crippen molar-refractivity contribution >= 4 is 17.3 Å². The van der Waals surface area contributed by atoms with Crippen molar-refractivity contribution in [1.29, 1.82) is 0 Å². The van der Waals surface area contributed by atoms with Crippen LogP contribution in [0.5, 0.6) is 0 Å². The van der Waals surface area contributed by atoms with Gasteiger partial charge < -0.3 is 4.74 Å². The van der Waals surface area contributed by atoms with Crippen LogP contribution in [-0.4, -0.2) is 17.6 Å². The molecule has 0 atom stereocenters. The van der Waals surface area contributed by atoms with Crippen molar-refractivity contribution < 1.29 is 9.53 Å². The molecule has 0 aliphatic heterocycles. The molecule has 0 fully saturated rings. The maximum absolute atomic E-state index is 11.9. The molecule has 2 aromatic rings. The van der Waals surface area contributed by atoms with Gasteiger partial charge >= 0.3 is 10.8 Å². The SMILES string of the molecule is COC(=O)c1sc(=O)n(-c2ccccc2)c1C. The highest BCUT2D eigenvalue weighted by Gasteiger charge is 2.18. The van der Waals surface area contributed by atoms with Crippen molar-refractivity contribution in [2.24, 2.45) is 0 Å². The Morgan fingerprint density at radius 2 is 1.94 bits per heavy atom. The molecule has 1 aromatic carbocycles. The summed E-state index contributed by atoms with van der Waals surface area (Å²) >= 11 is 0.901. The Hall–Kier alpha value is -1.88. The summed E-state index contributed by atoms with van der Waals surface area (Å²) in [4.78, 5) is 23.5. The normalized spacial score (nSPS) is 10.2. The summed E-state index contributed by atoms with van der Waals surface area (Å²) in [6.45, 7) is 1.73. The number of hydrogen-bond acceptors (Lipinski definition) is 4. The molecular formula is C12H11NO3S. The fourth-order valence-electron chi connectivity index (χ4n) is 1.60. The van der Waals surface area contributed by atoms with Crippen molar-refractivity contribution in [1.82, 2.24) is 4.57 Å². The van der Waals surface area contributed by atoms with E-state index in [4.69, 9.17) is 0 Å². The second kappa shape index (κ2) is 4.55. The molecule has 0 aliphatic carbocycles. The van der Waals surface area contributed by atoms with Crippen molar-refractivity contribution in [3.8, 4) is 5.69 Å². The number of nitrogens with zero attached hydrogens (tertiary/aromatic N) is 1. The number of thiazole rings is 1. The van der Waals surface area contributed by atoms with Crippen LogP contribution >= 0.6 is 11.3 Å². The minimum absolute atomic E-state index is 0.186. The second-order valence-electron chi connectivity index (χ2n) is 3.45.